The number of fused-ring (bicyclic) bond motifs is 4. The number of benzene rings is 3. The minimum Gasteiger partial charge on any atom is -0.490 e. The molecule has 0 aliphatic heterocycles. The summed E-state index contributed by atoms with van der Waals surface area (Å²) in [5.74, 6) is 3.05. The van der Waals surface area contributed by atoms with Gasteiger partial charge < -0.3 is 14.3 Å². The number of H-pyrrole nitrogens is 1. The Morgan fingerprint density at radius 2 is 1.89 bits per heavy atom. The Morgan fingerprint density at radius 1 is 1.11 bits per heavy atom. The molecule has 0 amide bonds. The molecule has 0 aliphatic carbocycles. The van der Waals surface area contributed by atoms with Crippen LogP contribution in [0.4, 0.5) is 3.89 Å². The highest BCUT2D eigenvalue weighted by atomic mass is 32.3. The first kappa shape index (κ1) is 25.6. The summed E-state index contributed by atoms with van der Waals surface area (Å²) in [6.45, 7) is 6.46. The molecule has 0 bridgehead atoms. The van der Waals surface area contributed by atoms with E-state index in [2.05, 4.69) is 22.4 Å². The number of hydrogen-bond donors (Lipinski definition) is 1. The quantitative estimate of drug-likeness (QED) is 0.192. The molecule has 5 aromatic rings. The highest BCUT2D eigenvalue weighted by Crippen LogP contribution is 2.37. The summed E-state index contributed by atoms with van der Waals surface area (Å²) in [6.07, 6.45) is 7.19. The molecule has 0 atom stereocenters. The molecule has 2 heterocycles. The van der Waals surface area contributed by atoms with Crippen molar-refractivity contribution >= 4 is 43.1 Å². The van der Waals surface area contributed by atoms with E-state index in [9.17, 15) is 17.1 Å². The molecular weight excluding hydrogens is 503 g/mol. The van der Waals surface area contributed by atoms with Crippen molar-refractivity contribution in [2.75, 3.05) is 0 Å². The van der Waals surface area contributed by atoms with Crippen molar-refractivity contribution in [3.63, 3.8) is 0 Å². The summed E-state index contributed by atoms with van der Waals surface area (Å²) in [5, 5.41) is 1.83. The number of aromatic amines is 1. The van der Waals surface area contributed by atoms with Crippen molar-refractivity contribution in [2.24, 2.45) is 0 Å². The van der Waals surface area contributed by atoms with Crippen molar-refractivity contribution in [3.8, 4) is 29.2 Å². The van der Waals surface area contributed by atoms with Crippen molar-refractivity contribution < 1.29 is 17.0 Å². The molecule has 38 heavy (non-hydrogen) atoms. The van der Waals surface area contributed by atoms with Crippen LogP contribution in [0.3, 0.4) is 0 Å². The van der Waals surface area contributed by atoms with Crippen LogP contribution in [0, 0.1) is 12.3 Å². The molecule has 3 aromatic carbocycles. The minimum absolute atomic E-state index is 0.150. The highest BCUT2D eigenvalue weighted by Gasteiger charge is 2.21. The number of aryl methyl sites for hydroxylation is 1. The molecule has 0 spiro atoms. The van der Waals surface area contributed by atoms with E-state index in [0.29, 0.717) is 50.9 Å². The van der Waals surface area contributed by atoms with Gasteiger partial charge in [-0.25, -0.2) is 0 Å². The predicted molar refractivity (Wildman–Crippen MR) is 150 cm³/mol. The van der Waals surface area contributed by atoms with Crippen LogP contribution < -0.4 is 10.2 Å². The molecule has 2 aromatic heterocycles. The summed E-state index contributed by atoms with van der Waals surface area (Å²) in [6, 6.07) is 14.7. The number of unbranched alkanes of at least 4 members (excludes halogenated alkanes) is 1. The number of rotatable bonds is 7. The van der Waals surface area contributed by atoms with Gasteiger partial charge in [0.2, 0.25) is 0 Å². The SMILES string of the molecule is C#Cc1ccc2c(c1)[nH]c1c2c(=O)c2cc(OC(C)C)c(-c3cccc(S(=O)(=O)F)c3)cc2n1CCCC. The number of nitrogens with one attached hydrogen (secondary N) is 1. The highest BCUT2D eigenvalue weighted by molar-refractivity contribution is 7.86. The van der Waals surface area contributed by atoms with Gasteiger partial charge in [0.15, 0.2) is 5.43 Å². The fourth-order valence-corrected chi connectivity index (χ4v) is 5.38. The van der Waals surface area contributed by atoms with Crippen LogP contribution in [0.2, 0.25) is 0 Å². The molecule has 8 heteroatoms. The van der Waals surface area contributed by atoms with Crippen molar-refractivity contribution in [1.82, 2.24) is 9.55 Å². The molecule has 6 nitrogen and oxygen atoms in total. The second-order valence-electron chi connectivity index (χ2n) is 9.59. The second kappa shape index (κ2) is 9.66. The third-order valence-corrected chi connectivity index (χ3v) is 7.42. The number of hydrogen-bond acceptors (Lipinski definition) is 4. The van der Waals surface area contributed by atoms with Gasteiger partial charge in [0.1, 0.15) is 11.4 Å². The molecule has 5 rings (SSSR count). The monoisotopic (exact) mass is 530 g/mol. The van der Waals surface area contributed by atoms with Gasteiger partial charge in [-0.3, -0.25) is 4.79 Å². The maximum atomic E-state index is 14.0. The zero-order chi connectivity index (χ0) is 27.2. The van der Waals surface area contributed by atoms with E-state index in [1.165, 1.54) is 18.2 Å². The van der Waals surface area contributed by atoms with Gasteiger partial charge in [0, 0.05) is 28.6 Å². The standard InChI is InChI=1S/C30H27FN2O4S/c1-5-7-13-33-26-16-23(20-9-8-10-21(15-20)38(31,35)36)27(37-18(3)4)17-24(26)29(34)28-22-12-11-19(6-2)14-25(22)32-30(28)33/h2,8-12,14-18,32H,5,7,13H2,1,3-4H3. The Hall–Kier alpha value is -4.09. The summed E-state index contributed by atoms with van der Waals surface area (Å²) < 4.78 is 45.3. The lowest BCUT2D eigenvalue weighted by Gasteiger charge is -2.19. The third kappa shape index (κ3) is 4.44. The largest absolute Gasteiger partial charge is 0.490 e. The first-order chi connectivity index (χ1) is 18.1. The summed E-state index contributed by atoms with van der Waals surface area (Å²) in [7, 11) is -4.90. The average Bonchev–Trinajstić information content (AvgIpc) is 3.26. The van der Waals surface area contributed by atoms with Gasteiger partial charge in [-0.2, -0.15) is 8.42 Å². The van der Waals surface area contributed by atoms with Crippen molar-refractivity contribution in [2.45, 2.75) is 51.2 Å². The molecule has 1 N–H and O–H groups in total. The van der Waals surface area contributed by atoms with E-state index in [1.807, 2.05) is 38.1 Å². The Bertz CT molecular complexity index is 1930. The van der Waals surface area contributed by atoms with Gasteiger partial charge in [0.05, 0.1) is 27.3 Å². The average molecular weight is 531 g/mol. The topological polar surface area (TPSA) is 81.2 Å². The van der Waals surface area contributed by atoms with E-state index in [0.717, 1.165) is 23.7 Å². The smallest absolute Gasteiger partial charge is 0.332 e. The van der Waals surface area contributed by atoms with Crippen LogP contribution in [-0.4, -0.2) is 24.1 Å². The summed E-state index contributed by atoms with van der Waals surface area (Å²) in [5.41, 5.74) is 3.70. The minimum atomic E-state index is -4.90. The first-order valence-electron chi connectivity index (χ1n) is 12.5. The molecule has 0 radical (unpaired) electrons. The Labute approximate surface area is 220 Å². The molecule has 0 fully saturated rings. The van der Waals surface area contributed by atoms with Crippen LogP contribution in [0.1, 0.15) is 39.2 Å². The number of terminal acetylenes is 1. The van der Waals surface area contributed by atoms with E-state index in [-0.39, 0.29) is 11.5 Å². The number of pyridine rings is 1. The van der Waals surface area contributed by atoms with Gasteiger partial charge >= 0.3 is 10.2 Å². The lowest BCUT2D eigenvalue weighted by molar-refractivity contribution is 0.244. The summed E-state index contributed by atoms with van der Waals surface area (Å²) in [4.78, 5) is 16.9. The molecule has 0 saturated carbocycles. The van der Waals surface area contributed by atoms with Crippen LogP contribution in [0.5, 0.6) is 5.75 Å². The molecule has 0 saturated heterocycles. The van der Waals surface area contributed by atoms with Crippen LogP contribution in [0.25, 0.3) is 44.0 Å². The number of halogens is 1. The fourth-order valence-electron chi connectivity index (χ4n) is 4.87. The maximum absolute atomic E-state index is 14.0. The van der Waals surface area contributed by atoms with Crippen molar-refractivity contribution in [1.29, 1.82) is 0 Å². The van der Waals surface area contributed by atoms with Gasteiger partial charge in [0.25, 0.3) is 0 Å². The third-order valence-electron chi connectivity index (χ3n) is 6.60. The van der Waals surface area contributed by atoms with E-state index in [1.54, 1.807) is 12.1 Å². The Morgan fingerprint density at radius 3 is 2.58 bits per heavy atom. The fraction of sp³-hybridized carbons (Fsp3) is 0.233. The molecule has 0 unspecified atom stereocenters. The predicted octanol–water partition coefficient (Wildman–Crippen LogP) is 6.53. The zero-order valence-corrected chi connectivity index (χ0v) is 22.2. The van der Waals surface area contributed by atoms with E-state index in [4.69, 9.17) is 11.2 Å². The number of nitrogens with zero attached hydrogens (tertiary/aromatic N) is 1. The van der Waals surface area contributed by atoms with Gasteiger partial charge in [-0.15, -0.1) is 10.3 Å². The van der Waals surface area contributed by atoms with E-state index < -0.39 is 15.1 Å². The number of aromatic nitrogens is 2. The van der Waals surface area contributed by atoms with Crippen molar-refractivity contribution in [3.05, 3.63) is 70.4 Å². The van der Waals surface area contributed by atoms with Crippen LogP contribution in [0.15, 0.2) is 64.3 Å². The van der Waals surface area contributed by atoms with Gasteiger partial charge in [-0.05, 0) is 62.2 Å². The normalized spacial score (nSPS) is 12.0. The van der Waals surface area contributed by atoms with Gasteiger partial charge in [-0.1, -0.05) is 37.5 Å². The molecular formula is C30H27FN2O4S. The van der Waals surface area contributed by atoms with Crippen LogP contribution in [-0.2, 0) is 16.8 Å². The Balaban J connectivity index is 1.91. The molecule has 0 aliphatic rings. The van der Waals surface area contributed by atoms with E-state index >= 15 is 0 Å². The second-order valence-corrected chi connectivity index (χ2v) is 10.9. The number of ether oxygens (including phenoxy) is 1. The maximum Gasteiger partial charge on any atom is 0.332 e. The summed E-state index contributed by atoms with van der Waals surface area (Å²) >= 11 is 0. The van der Waals surface area contributed by atoms with Crippen LogP contribution >= 0.6 is 0 Å². The zero-order valence-electron chi connectivity index (χ0n) is 21.3. The lowest BCUT2D eigenvalue weighted by Crippen LogP contribution is -2.13. The first-order valence-corrected chi connectivity index (χ1v) is 13.8. The Kier molecular flexibility index (Phi) is 6.49. The lowest BCUT2D eigenvalue weighted by atomic mass is 10.0. The molecule has 194 valence electrons.